The molecule has 2 rings (SSSR count). The van der Waals surface area contributed by atoms with Gasteiger partial charge in [0.1, 0.15) is 5.82 Å². The highest BCUT2D eigenvalue weighted by molar-refractivity contribution is 5.92. The first kappa shape index (κ1) is 17.7. The van der Waals surface area contributed by atoms with Gasteiger partial charge < -0.3 is 5.32 Å². The van der Waals surface area contributed by atoms with Crippen LogP contribution in [-0.2, 0) is 11.0 Å². The summed E-state index contributed by atoms with van der Waals surface area (Å²) in [5, 5.41) is 2.66. The van der Waals surface area contributed by atoms with Crippen LogP contribution in [0.3, 0.4) is 0 Å². The fraction of sp³-hybridized carbons (Fsp3) is 0.167. The van der Waals surface area contributed by atoms with Crippen molar-refractivity contribution in [3.8, 4) is 0 Å². The Bertz CT molecular complexity index is 735. The zero-order valence-corrected chi connectivity index (χ0v) is 12.8. The summed E-state index contributed by atoms with van der Waals surface area (Å²) in [6.07, 6.45) is -1.96. The van der Waals surface area contributed by atoms with Gasteiger partial charge in [-0.3, -0.25) is 4.79 Å². The van der Waals surface area contributed by atoms with E-state index in [2.05, 4.69) is 5.32 Å². The smallest absolute Gasteiger partial charge is 0.346 e. The molecule has 0 spiro atoms. The number of rotatable bonds is 4. The maximum absolute atomic E-state index is 12.9. The summed E-state index contributed by atoms with van der Waals surface area (Å²) in [6, 6.07) is 10.0. The highest BCUT2D eigenvalue weighted by atomic mass is 19.4. The normalized spacial score (nSPS) is 13.0. The molecule has 0 fully saturated rings. The van der Waals surface area contributed by atoms with E-state index in [1.165, 1.54) is 30.3 Å². The van der Waals surface area contributed by atoms with Gasteiger partial charge in [0.15, 0.2) is 0 Å². The number of alkyl halides is 3. The Balaban J connectivity index is 2.01. The summed E-state index contributed by atoms with van der Waals surface area (Å²) in [6.45, 7) is 1.73. The third kappa shape index (κ3) is 4.94. The molecular formula is C18H15F4NO. The Hall–Kier alpha value is -2.63. The van der Waals surface area contributed by atoms with Crippen LogP contribution in [0.15, 0.2) is 54.6 Å². The van der Waals surface area contributed by atoms with Crippen molar-refractivity contribution >= 4 is 12.0 Å². The van der Waals surface area contributed by atoms with E-state index in [0.717, 1.165) is 23.8 Å². The van der Waals surface area contributed by atoms with Gasteiger partial charge in [-0.15, -0.1) is 0 Å². The predicted molar refractivity (Wildman–Crippen MR) is 83.4 cm³/mol. The highest BCUT2D eigenvalue weighted by Gasteiger charge is 2.30. The summed E-state index contributed by atoms with van der Waals surface area (Å²) in [5.74, 6) is -0.828. The molecule has 0 aliphatic carbocycles. The summed E-state index contributed by atoms with van der Waals surface area (Å²) in [4.78, 5) is 11.9. The van der Waals surface area contributed by atoms with E-state index in [1.54, 1.807) is 19.1 Å². The molecule has 0 heterocycles. The van der Waals surface area contributed by atoms with E-state index in [-0.39, 0.29) is 17.4 Å². The first-order chi connectivity index (χ1) is 11.3. The van der Waals surface area contributed by atoms with Crippen LogP contribution in [0.2, 0.25) is 0 Å². The molecule has 0 radical (unpaired) electrons. The zero-order chi connectivity index (χ0) is 17.7. The fourth-order valence-electron chi connectivity index (χ4n) is 2.09. The number of benzene rings is 2. The Labute approximate surface area is 136 Å². The van der Waals surface area contributed by atoms with Crippen molar-refractivity contribution in [3.05, 3.63) is 77.1 Å². The van der Waals surface area contributed by atoms with Gasteiger partial charge in [-0.2, -0.15) is 13.2 Å². The van der Waals surface area contributed by atoms with Crippen molar-refractivity contribution < 1.29 is 22.4 Å². The lowest BCUT2D eigenvalue weighted by Crippen LogP contribution is -2.24. The second-order valence-corrected chi connectivity index (χ2v) is 5.24. The van der Waals surface area contributed by atoms with Gasteiger partial charge in [-0.05, 0) is 48.4 Å². The topological polar surface area (TPSA) is 29.1 Å². The van der Waals surface area contributed by atoms with Crippen molar-refractivity contribution in [1.29, 1.82) is 0 Å². The molecule has 2 aromatic rings. The Morgan fingerprint density at radius 2 is 1.79 bits per heavy atom. The molecular weight excluding hydrogens is 322 g/mol. The number of hydrogen-bond acceptors (Lipinski definition) is 1. The van der Waals surface area contributed by atoms with Crippen LogP contribution < -0.4 is 5.32 Å². The quantitative estimate of drug-likeness (QED) is 0.634. The van der Waals surface area contributed by atoms with E-state index in [9.17, 15) is 22.4 Å². The molecule has 0 saturated heterocycles. The Morgan fingerprint density at radius 3 is 2.42 bits per heavy atom. The number of halogens is 4. The van der Waals surface area contributed by atoms with E-state index in [0.29, 0.717) is 0 Å². The zero-order valence-electron chi connectivity index (χ0n) is 12.8. The number of carbonyl (C=O) groups excluding carboxylic acids is 1. The van der Waals surface area contributed by atoms with Crippen LogP contribution >= 0.6 is 0 Å². The summed E-state index contributed by atoms with van der Waals surface area (Å²) in [5.41, 5.74) is 0.219. The van der Waals surface area contributed by atoms with E-state index < -0.39 is 17.6 Å². The summed E-state index contributed by atoms with van der Waals surface area (Å²) < 4.78 is 50.7. The van der Waals surface area contributed by atoms with Crippen LogP contribution in [0.1, 0.15) is 29.7 Å². The van der Waals surface area contributed by atoms with Crippen molar-refractivity contribution in [2.45, 2.75) is 19.1 Å². The molecule has 24 heavy (non-hydrogen) atoms. The van der Waals surface area contributed by atoms with Crippen molar-refractivity contribution in [2.75, 3.05) is 0 Å². The van der Waals surface area contributed by atoms with E-state index in [1.807, 2.05) is 0 Å². The minimum Gasteiger partial charge on any atom is -0.346 e. The lowest BCUT2D eigenvalue weighted by Gasteiger charge is -2.12. The Morgan fingerprint density at radius 1 is 1.12 bits per heavy atom. The van der Waals surface area contributed by atoms with Gasteiger partial charge in [0.25, 0.3) is 0 Å². The molecule has 1 N–H and O–H groups in total. The minimum atomic E-state index is -4.43. The van der Waals surface area contributed by atoms with Crippen LogP contribution in [0.4, 0.5) is 17.6 Å². The van der Waals surface area contributed by atoms with Gasteiger partial charge in [0.2, 0.25) is 5.91 Å². The van der Waals surface area contributed by atoms with Gasteiger partial charge in [0.05, 0.1) is 11.6 Å². The van der Waals surface area contributed by atoms with Gasteiger partial charge >= 0.3 is 6.18 Å². The standard InChI is InChI=1S/C18H15F4NO/c1-12(14-6-8-16(19)9-7-14)23-17(24)10-5-13-3-2-4-15(11-13)18(20,21)22/h2-12H,1H3,(H,23,24)/b10-5+. The van der Waals surface area contributed by atoms with Crippen molar-refractivity contribution in [3.63, 3.8) is 0 Å². The summed E-state index contributed by atoms with van der Waals surface area (Å²) in [7, 11) is 0. The van der Waals surface area contributed by atoms with Crippen molar-refractivity contribution in [2.24, 2.45) is 0 Å². The summed E-state index contributed by atoms with van der Waals surface area (Å²) >= 11 is 0. The molecule has 126 valence electrons. The van der Waals surface area contributed by atoms with Gasteiger partial charge in [-0.1, -0.05) is 24.3 Å². The van der Waals surface area contributed by atoms with Gasteiger partial charge in [0, 0.05) is 6.08 Å². The van der Waals surface area contributed by atoms with Gasteiger partial charge in [-0.25, -0.2) is 4.39 Å². The predicted octanol–water partition coefficient (Wildman–Crippen LogP) is 4.74. The molecule has 2 nitrogen and oxygen atoms in total. The SMILES string of the molecule is CC(NC(=O)/C=C/c1cccc(C(F)(F)F)c1)c1ccc(F)cc1. The first-order valence-electron chi connectivity index (χ1n) is 7.17. The largest absolute Gasteiger partial charge is 0.416 e. The molecule has 2 aromatic carbocycles. The monoisotopic (exact) mass is 337 g/mol. The number of carbonyl (C=O) groups is 1. The number of amides is 1. The second-order valence-electron chi connectivity index (χ2n) is 5.24. The molecule has 0 aliphatic rings. The molecule has 1 atom stereocenters. The third-order valence-corrected chi connectivity index (χ3v) is 3.37. The number of hydrogen-bond donors (Lipinski definition) is 1. The highest BCUT2D eigenvalue weighted by Crippen LogP contribution is 2.29. The molecule has 0 bridgehead atoms. The minimum absolute atomic E-state index is 0.273. The lowest BCUT2D eigenvalue weighted by molar-refractivity contribution is -0.137. The van der Waals surface area contributed by atoms with E-state index in [4.69, 9.17) is 0 Å². The Kier molecular flexibility index (Phi) is 5.39. The maximum atomic E-state index is 12.9. The van der Waals surface area contributed by atoms with Crippen LogP contribution in [0.25, 0.3) is 6.08 Å². The molecule has 1 amide bonds. The third-order valence-electron chi connectivity index (χ3n) is 3.37. The average molecular weight is 337 g/mol. The molecule has 1 unspecified atom stereocenters. The molecule has 6 heteroatoms. The fourth-order valence-corrected chi connectivity index (χ4v) is 2.09. The average Bonchev–Trinajstić information content (AvgIpc) is 2.53. The lowest BCUT2D eigenvalue weighted by atomic mass is 10.1. The van der Waals surface area contributed by atoms with Crippen LogP contribution in [0, 0.1) is 5.82 Å². The van der Waals surface area contributed by atoms with E-state index >= 15 is 0 Å². The molecule has 0 aliphatic heterocycles. The van der Waals surface area contributed by atoms with Crippen molar-refractivity contribution in [1.82, 2.24) is 5.32 Å². The number of nitrogens with one attached hydrogen (secondary N) is 1. The van der Waals surface area contributed by atoms with Crippen LogP contribution in [-0.4, -0.2) is 5.91 Å². The molecule has 0 saturated carbocycles. The molecule has 0 aromatic heterocycles. The van der Waals surface area contributed by atoms with Crippen LogP contribution in [0.5, 0.6) is 0 Å². The first-order valence-corrected chi connectivity index (χ1v) is 7.17. The maximum Gasteiger partial charge on any atom is 0.416 e. The second kappa shape index (κ2) is 7.29.